The molecule has 23 heavy (non-hydrogen) atoms. The van der Waals surface area contributed by atoms with Crippen LogP contribution in [-0.2, 0) is 9.59 Å². The average Bonchev–Trinajstić information content (AvgIpc) is 2.50. The van der Waals surface area contributed by atoms with Crippen molar-refractivity contribution in [2.24, 2.45) is 5.92 Å². The second kappa shape index (κ2) is 8.89. The third kappa shape index (κ3) is 4.94. The maximum Gasteiger partial charge on any atom is 0.249 e. The molecule has 2 atom stereocenters. The highest BCUT2D eigenvalue weighted by atomic mass is 35.5. The molecular formula is C17H26ClN3O2. The summed E-state index contributed by atoms with van der Waals surface area (Å²) in [7, 11) is 1.81. The number of hydrogen-bond acceptors (Lipinski definition) is 3. The molecule has 1 fully saturated rings. The summed E-state index contributed by atoms with van der Waals surface area (Å²) < 4.78 is 0. The molecule has 0 spiro atoms. The minimum absolute atomic E-state index is 0. The summed E-state index contributed by atoms with van der Waals surface area (Å²) in [4.78, 5) is 26.5. The Morgan fingerprint density at radius 3 is 2.61 bits per heavy atom. The lowest BCUT2D eigenvalue weighted by molar-refractivity contribution is -0.130. The van der Waals surface area contributed by atoms with Crippen LogP contribution in [0.2, 0.25) is 0 Å². The molecule has 1 aromatic carbocycles. The van der Waals surface area contributed by atoms with Crippen molar-refractivity contribution in [1.29, 1.82) is 0 Å². The zero-order chi connectivity index (χ0) is 16.1. The number of amides is 2. The van der Waals surface area contributed by atoms with Crippen molar-refractivity contribution < 1.29 is 9.59 Å². The lowest BCUT2D eigenvalue weighted by atomic mass is 10.0. The highest BCUT2D eigenvalue weighted by molar-refractivity contribution is 6.00. The first-order valence-electron chi connectivity index (χ1n) is 7.86. The number of rotatable bonds is 5. The second-order valence-corrected chi connectivity index (χ2v) is 5.99. The van der Waals surface area contributed by atoms with E-state index in [1.165, 1.54) is 5.56 Å². The van der Waals surface area contributed by atoms with Crippen LogP contribution in [0.1, 0.15) is 25.3 Å². The summed E-state index contributed by atoms with van der Waals surface area (Å²) >= 11 is 0. The van der Waals surface area contributed by atoms with Crippen LogP contribution >= 0.6 is 12.4 Å². The van der Waals surface area contributed by atoms with Crippen molar-refractivity contribution in [3.8, 4) is 0 Å². The lowest BCUT2D eigenvalue weighted by Crippen LogP contribution is -2.53. The van der Waals surface area contributed by atoms with E-state index >= 15 is 0 Å². The van der Waals surface area contributed by atoms with Crippen LogP contribution < -0.4 is 15.5 Å². The van der Waals surface area contributed by atoms with Crippen LogP contribution in [0.15, 0.2) is 24.3 Å². The topological polar surface area (TPSA) is 61.4 Å². The fraction of sp³-hybridized carbons (Fsp3) is 0.529. The van der Waals surface area contributed by atoms with E-state index in [1.54, 1.807) is 4.90 Å². The van der Waals surface area contributed by atoms with Crippen LogP contribution in [0.5, 0.6) is 0 Å². The van der Waals surface area contributed by atoms with Crippen molar-refractivity contribution in [2.75, 3.05) is 25.0 Å². The molecule has 5 nitrogen and oxygen atoms in total. The molecule has 0 aromatic heterocycles. The summed E-state index contributed by atoms with van der Waals surface area (Å²) in [6.45, 7) is 5.19. The van der Waals surface area contributed by atoms with E-state index in [1.807, 2.05) is 45.2 Å². The van der Waals surface area contributed by atoms with Gasteiger partial charge >= 0.3 is 0 Å². The van der Waals surface area contributed by atoms with Gasteiger partial charge in [0.15, 0.2) is 0 Å². The third-order valence-electron chi connectivity index (χ3n) is 4.06. The van der Waals surface area contributed by atoms with Crippen molar-refractivity contribution in [1.82, 2.24) is 10.6 Å². The Morgan fingerprint density at radius 2 is 2.00 bits per heavy atom. The van der Waals surface area contributed by atoms with Crippen LogP contribution in [0.25, 0.3) is 0 Å². The van der Waals surface area contributed by atoms with E-state index < -0.39 is 6.04 Å². The first-order chi connectivity index (χ1) is 10.5. The molecule has 2 unspecified atom stereocenters. The molecule has 1 aliphatic rings. The fourth-order valence-electron chi connectivity index (χ4n) is 2.70. The second-order valence-electron chi connectivity index (χ2n) is 5.99. The molecule has 0 bridgehead atoms. The molecule has 2 N–H and O–H groups in total. The number of carbonyl (C=O) groups is 2. The molecular weight excluding hydrogens is 314 g/mol. The van der Waals surface area contributed by atoms with Crippen LogP contribution in [-0.4, -0.2) is 38.0 Å². The van der Waals surface area contributed by atoms with Crippen LogP contribution in [0.3, 0.4) is 0 Å². The summed E-state index contributed by atoms with van der Waals surface area (Å²) in [6, 6.07) is 7.50. The fourth-order valence-corrected chi connectivity index (χ4v) is 2.70. The van der Waals surface area contributed by atoms with Gasteiger partial charge in [-0.1, -0.05) is 24.6 Å². The number of aryl methyl sites for hydroxylation is 1. The highest BCUT2D eigenvalue weighted by Crippen LogP contribution is 2.21. The van der Waals surface area contributed by atoms with Crippen LogP contribution in [0, 0.1) is 12.8 Å². The predicted octanol–water partition coefficient (Wildman–Crippen LogP) is 1.88. The van der Waals surface area contributed by atoms with E-state index in [-0.39, 0.29) is 30.1 Å². The lowest BCUT2D eigenvalue weighted by Gasteiger charge is -2.33. The van der Waals surface area contributed by atoms with E-state index in [9.17, 15) is 9.59 Å². The Morgan fingerprint density at radius 1 is 1.35 bits per heavy atom. The van der Waals surface area contributed by atoms with Gasteiger partial charge < -0.3 is 15.5 Å². The maximum absolute atomic E-state index is 12.6. The summed E-state index contributed by atoms with van der Waals surface area (Å²) in [5.74, 6) is -0.230. The standard InChI is InChI=1S/C17H25N3O2.ClH/c1-12-6-8-14(9-7-12)20-10-4-5-15(17(20)22)19-16(21)13(2)11-18-3;/h6-9,13,15,18H,4-5,10-11H2,1-3H3,(H,19,21);1H. The number of piperidine rings is 1. The smallest absolute Gasteiger partial charge is 0.249 e. The Balaban J connectivity index is 0.00000264. The number of nitrogens with one attached hydrogen (secondary N) is 2. The Kier molecular flexibility index (Phi) is 7.52. The van der Waals surface area contributed by atoms with Crippen molar-refractivity contribution in [2.45, 2.75) is 32.7 Å². The minimum Gasteiger partial charge on any atom is -0.344 e. The van der Waals surface area contributed by atoms with E-state index in [0.717, 1.165) is 12.1 Å². The molecule has 6 heteroatoms. The Bertz CT molecular complexity index is 533. The van der Waals surface area contributed by atoms with Crippen LogP contribution in [0.4, 0.5) is 5.69 Å². The predicted molar refractivity (Wildman–Crippen MR) is 95.0 cm³/mol. The van der Waals surface area contributed by atoms with Gasteiger partial charge in [-0.05, 0) is 38.9 Å². The SMILES string of the molecule is CNCC(C)C(=O)NC1CCCN(c2ccc(C)cc2)C1=O.Cl. The van der Waals surface area contributed by atoms with Crippen molar-refractivity contribution in [3.63, 3.8) is 0 Å². The van der Waals surface area contributed by atoms with Gasteiger partial charge in [0.1, 0.15) is 6.04 Å². The maximum atomic E-state index is 12.6. The normalized spacial score (nSPS) is 19.0. The quantitative estimate of drug-likeness (QED) is 0.861. The Labute approximate surface area is 144 Å². The monoisotopic (exact) mass is 339 g/mol. The van der Waals surface area contributed by atoms with Gasteiger partial charge in [0, 0.05) is 24.7 Å². The molecule has 0 radical (unpaired) electrons. The Hall–Kier alpha value is -1.59. The van der Waals surface area contributed by atoms with E-state index in [0.29, 0.717) is 19.5 Å². The molecule has 1 aromatic rings. The van der Waals surface area contributed by atoms with Gasteiger partial charge in [0.25, 0.3) is 0 Å². The average molecular weight is 340 g/mol. The van der Waals surface area contributed by atoms with Crippen molar-refractivity contribution >= 4 is 29.9 Å². The number of carbonyl (C=O) groups excluding carboxylic acids is 2. The van der Waals surface area contributed by atoms with Gasteiger partial charge in [0.05, 0.1) is 0 Å². The van der Waals surface area contributed by atoms with Gasteiger partial charge in [-0.15, -0.1) is 12.4 Å². The number of halogens is 1. The van der Waals surface area contributed by atoms with E-state index in [2.05, 4.69) is 10.6 Å². The van der Waals surface area contributed by atoms with Gasteiger partial charge in [-0.3, -0.25) is 9.59 Å². The van der Waals surface area contributed by atoms with Gasteiger partial charge in [-0.25, -0.2) is 0 Å². The number of anilines is 1. The summed E-state index contributed by atoms with van der Waals surface area (Å²) in [5.41, 5.74) is 2.07. The molecule has 1 aliphatic heterocycles. The molecule has 2 rings (SSSR count). The highest BCUT2D eigenvalue weighted by Gasteiger charge is 2.31. The zero-order valence-electron chi connectivity index (χ0n) is 14.0. The molecule has 2 amide bonds. The molecule has 0 saturated carbocycles. The summed E-state index contributed by atoms with van der Waals surface area (Å²) in [6.07, 6.45) is 1.60. The van der Waals surface area contributed by atoms with E-state index in [4.69, 9.17) is 0 Å². The summed E-state index contributed by atoms with van der Waals surface area (Å²) in [5, 5.41) is 5.87. The number of hydrogen-bond donors (Lipinski definition) is 2. The largest absolute Gasteiger partial charge is 0.344 e. The van der Waals surface area contributed by atoms with Gasteiger partial charge in [0.2, 0.25) is 11.8 Å². The zero-order valence-corrected chi connectivity index (χ0v) is 14.8. The minimum atomic E-state index is -0.415. The molecule has 0 aliphatic carbocycles. The first-order valence-corrected chi connectivity index (χ1v) is 7.86. The number of benzene rings is 1. The van der Waals surface area contributed by atoms with Crippen molar-refractivity contribution in [3.05, 3.63) is 29.8 Å². The number of nitrogens with zero attached hydrogens (tertiary/aromatic N) is 1. The molecule has 1 saturated heterocycles. The third-order valence-corrected chi connectivity index (χ3v) is 4.06. The first kappa shape index (κ1) is 19.5. The molecule has 1 heterocycles. The van der Waals surface area contributed by atoms with Gasteiger partial charge in [-0.2, -0.15) is 0 Å². The molecule has 128 valence electrons.